The number of rotatable bonds is 8. The maximum atomic E-state index is 5.17. The molecule has 0 spiro atoms. The highest BCUT2D eigenvalue weighted by Gasteiger charge is 2.26. The lowest BCUT2D eigenvalue weighted by Crippen LogP contribution is -2.18. The Morgan fingerprint density at radius 1 is 0.706 bits per heavy atom. The molecule has 0 amide bonds. The van der Waals surface area contributed by atoms with Crippen LogP contribution in [-0.4, -0.2) is 27.1 Å². The van der Waals surface area contributed by atoms with Gasteiger partial charge in [0.1, 0.15) is 0 Å². The Morgan fingerprint density at radius 3 is 1.62 bits per heavy atom. The summed E-state index contributed by atoms with van der Waals surface area (Å²) in [5.74, 6) is 1.73. The number of hydrogen-bond acceptors (Lipinski definition) is 3. The summed E-state index contributed by atoms with van der Waals surface area (Å²) < 4.78 is 2.11. The van der Waals surface area contributed by atoms with Crippen molar-refractivity contribution in [2.45, 2.75) is 87.1 Å². The molecule has 0 saturated carbocycles. The number of aromatic nitrogens is 2. The third-order valence-corrected chi connectivity index (χ3v) is 6.59. The fourth-order valence-electron chi connectivity index (χ4n) is 4.48. The lowest BCUT2D eigenvalue weighted by molar-refractivity contribution is 0.642. The van der Waals surface area contributed by atoms with E-state index in [0.29, 0.717) is 23.7 Å². The van der Waals surface area contributed by atoms with Gasteiger partial charge in [0.05, 0.1) is 28.9 Å². The highest BCUT2D eigenvalue weighted by molar-refractivity contribution is 6.01. The second kappa shape index (κ2) is 10.7. The van der Waals surface area contributed by atoms with Crippen LogP contribution < -0.4 is 0 Å². The zero-order chi connectivity index (χ0) is 25.2. The van der Waals surface area contributed by atoms with Gasteiger partial charge in [0.2, 0.25) is 0 Å². The summed E-state index contributed by atoms with van der Waals surface area (Å²) >= 11 is 0. The molecule has 0 atom stereocenters. The quantitative estimate of drug-likeness (QED) is 0.373. The monoisotopic (exact) mass is 458 g/mol. The molecule has 4 heteroatoms. The predicted octanol–water partition coefficient (Wildman–Crippen LogP) is 7.76. The first kappa shape index (κ1) is 25.9. The van der Waals surface area contributed by atoms with Crippen LogP contribution >= 0.6 is 0 Å². The van der Waals surface area contributed by atoms with Crippen molar-refractivity contribution in [2.75, 3.05) is 0 Å². The van der Waals surface area contributed by atoms with Crippen molar-refractivity contribution in [2.24, 2.45) is 21.9 Å². The van der Waals surface area contributed by atoms with Crippen LogP contribution in [0.3, 0.4) is 0 Å². The van der Waals surface area contributed by atoms with Gasteiger partial charge < -0.3 is 0 Å². The zero-order valence-electron chi connectivity index (χ0n) is 22.7. The van der Waals surface area contributed by atoms with Crippen LogP contribution in [0.4, 0.5) is 0 Å². The normalized spacial score (nSPS) is 15.8. The SMILES string of the molecule is CC(=NC1C(C(C)C)=CC=C1C(C)C)c1cccc(/C(C)=N/n2c(C(C)C)ccc2C(C)C)n1. The predicted molar refractivity (Wildman–Crippen MR) is 146 cm³/mol. The van der Waals surface area contributed by atoms with Crippen molar-refractivity contribution in [3.05, 3.63) is 76.4 Å². The summed E-state index contributed by atoms with van der Waals surface area (Å²) in [6.07, 6.45) is 4.52. The van der Waals surface area contributed by atoms with Crippen molar-refractivity contribution in [3.8, 4) is 0 Å². The van der Waals surface area contributed by atoms with E-state index in [4.69, 9.17) is 15.1 Å². The molecule has 0 saturated heterocycles. The van der Waals surface area contributed by atoms with Gasteiger partial charge in [0.25, 0.3) is 0 Å². The first-order chi connectivity index (χ1) is 16.0. The average molecular weight is 459 g/mol. The van der Waals surface area contributed by atoms with Crippen LogP contribution in [0.25, 0.3) is 0 Å². The number of hydrogen-bond donors (Lipinski definition) is 0. The molecule has 34 heavy (non-hydrogen) atoms. The van der Waals surface area contributed by atoms with Crippen LogP contribution in [0.1, 0.15) is 104 Å². The smallest absolute Gasteiger partial charge is 0.0934 e. The fraction of sp³-hybridized carbons (Fsp3) is 0.500. The number of allylic oxidation sites excluding steroid dienone is 2. The molecule has 0 fully saturated rings. The molecule has 0 aromatic carbocycles. The summed E-state index contributed by atoms with van der Waals surface area (Å²) in [4.78, 5) is 10.1. The van der Waals surface area contributed by atoms with E-state index in [1.807, 2.05) is 13.0 Å². The molecule has 4 nitrogen and oxygen atoms in total. The van der Waals surface area contributed by atoms with E-state index in [1.165, 1.54) is 22.5 Å². The highest BCUT2D eigenvalue weighted by atomic mass is 15.4. The lowest BCUT2D eigenvalue weighted by atomic mass is 9.90. The molecule has 2 aromatic rings. The van der Waals surface area contributed by atoms with Crippen molar-refractivity contribution in [1.29, 1.82) is 0 Å². The Balaban J connectivity index is 1.97. The first-order valence-electron chi connectivity index (χ1n) is 12.7. The standard InChI is InChI=1S/C30H42N4/c1-18(2)24-14-15-25(19(3)4)30(24)31-22(9)26-12-11-13-27(32-26)23(10)33-34-28(20(5)6)16-17-29(34)21(7)8/h11-21,30H,1-10H3/b31-22?,33-23+. The Morgan fingerprint density at radius 2 is 1.18 bits per heavy atom. The van der Waals surface area contributed by atoms with E-state index < -0.39 is 0 Å². The minimum atomic E-state index is 0.113. The van der Waals surface area contributed by atoms with Gasteiger partial charge in [-0.25, -0.2) is 9.66 Å². The van der Waals surface area contributed by atoms with Crippen molar-refractivity contribution in [1.82, 2.24) is 9.66 Å². The third-order valence-electron chi connectivity index (χ3n) is 6.59. The third kappa shape index (κ3) is 5.48. The zero-order valence-corrected chi connectivity index (χ0v) is 22.7. The summed E-state index contributed by atoms with van der Waals surface area (Å²) in [6, 6.07) is 10.7. The van der Waals surface area contributed by atoms with E-state index in [-0.39, 0.29) is 6.04 Å². The largest absolute Gasteiger partial charge is 0.276 e. The van der Waals surface area contributed by atoms with Gasteiger partial charge in [-0.2, -0.15) is 5.10 Å². The maximum absolute atomic E-state index is 5.17. The second-order valence-electron chi connectivity index (χ2n) is 10.7. The van der Waals surface area contributed by atoms with E-state index in [0.717, 1.165) is 22.8 Å². The maximum Gasteiger partial charge on any atom is 0.0934 e. The van der Waals surface area contributed by atoms with E-state index in [2.05, 4.69) is 103 Å². The van der Waals surface area contributed by atoms with Crippen molar-refractivity contribution in [3.63, 3.8) is 0 Å². The van der Waals surface area contributed by atoms with Gasteiger partial charge in [0, 0.05) is 11.4 Å². The summed E-state index contributed by atoms with van der Waals surface area (Å²) in [7, 11) is 0. The van der Waals surface area contributed by atoms with Crippen LogP contribution in [0.5, 0.6) is 0 Å². The highest BCUT2D eigenvalue weighted by Crippen LogP contribution is 2.33. The molecule has 1 aliphatic carbocycles. The first-order valence-corrected chi connectivity index (χ1v) is 12.7. The minimum absolute atomic E-state index is 0.113. The Hall–Kier alpha value is -2.75. The van der Waals surface area contributed by atoms with Gasteiger partial charge >= 0.3 is 0 Å². The number of pyridine rings is 1. The van der Waals surface area contributed by atoms with Crippen LogP contribution in [0.2, 0.25) is 0 Å². The Labute approximate surface area is 206 Å². The molecule has 0 unspecified atom stereocenters. The summed E-state index contributed by atoms with van der Waals surface area (Å²) in [5, 5.41) is 5.02. The van der Waals surface area contributed by atoms with Gasteiger partial charge in [-0.1, -0.05) is 73.6 Å². The molecule has 182 valence electrons. The van der Waals surface area contributed by atoms with E-state index in [9.17, 15) is 0 Å². The molecule has 3 rings (SSSR count). The summed E-state index contributed by atoms with van der Waals surface area (Å²) in [5.41, 5.74) is 8.87. The molecular weight excluding hydrogens is 416 g/mol. The second-order valence-corrected chi connectivity index (χ2v) is 10.7. The lowest BCUT2D eigenvalue weighted by Gasteiger charge is -2.21. The summed E-state index contributed by atoms with van der Waals surface area (Å²) in [6.45, 7) is 22.0. The average Bonchev–Trinajstić information content (AvgIpc) is 3.38. The van der Waals surface area contributed by atoms with Crippen molar-refractivity contribution < 1.29 is 0 Å². The van der Waals surface area contributed by atoms with E-state index >= 15 is 0 Å². The topological polar surface area (TPSA) is 42.5 Å². The van der Waals surface area contributed by atoms with Gasteiger partial charge in [-0.05, 0) is 72.9 Å². The van der Waals surface area contributed by atoms with Crippen LogP contribution in [0, 0.1) is 11.8 Å². The molecular formula is C30H42N4. The molecule has 0 radical (unpaired) electrons. The molecule has 2 aromatic heterocycles. The molecule has 0 bridgehead atoms. The minimum Gasteiger partial charge on any atom is -0.276 e. The molecule has 1 aliphatic rings. The fourth-order valence-corrected chi connectivity index (χ4v) is 4.48. The molecule has 0 N–H and O–H groups in total. The van der Waals surface area contributed by atoms with Crippen molar-refractivity contribution >= 4 is 11.4 Å². The van der Waals surface area contributed by atoms with Crippen LogP contribution in [-0.2, 0) is 0 Å². The molecule has 2 heterocycles. The van der Waals surface area contributed by atoms with Gasteiger partial charge in [-0.3, -0.25) is 4.99 Å². The number of aliphatic imine (C=N–C) groups is 1. The van der Waals surface area contributed by atoms with Gasteiger partial charge in [0.15, 0.2) is 0 Å². The number of nitrogens with zero attached hydrogens (tertiary/aromatic N) is 4. The Bertz CT molecular complexity index is 1090. The molecule has 0 aliphatic heterocycles. The van der Waals surface area contributed by atoms with Crippen LogP contribution in [0.15, 0.2) is 63.7 Å². The Kier molecular flexibility index (Phi) is 8.12. The van der Waals surface area contributed by atoms with Gasteiger partial charge in [-0.15, -0.1) is 0 Å². The van der Waals surface area contributed by atoms with E-state index in [1.54, 1.807) is 0 Å².